The maximum Gasteiger partial charge on any atom is 0.0248 e. The first-order chi connectivity index (χ1) is 6.59. The van der Waals surface area contributed by atoms with Crippen molar-refractivity contribution in [1.82, 2.24) is 0 Å². The SMILES string of the molecule is CC(C)CCc1ccc(S(=O)[O-])cc1. The zero-order chi connectivity index (χ0) is 10.6. The summed E-state index contributed by atoms with van der Waals surface area (Å²) in [4.78, 5) is 0.360. The van der Waals surface area contributed by atoms with Gasteiger partial charge in [0.1, 0.15) is 0 Å². The van der Waals surface area contributed by atoms with Gasteiger partial charge in [0.25, 0.3) is 0 Å². The maximum absolute atomic E-state index is 10.6. The molecule has 0 bridgehead atoms. The predicted octanol–water partition coefficient (Wildman–Crippen LogP) is 2.51. The summed E-state index contributed by atoms with van der Waals surface area (Å²) in [5, 5.41) is 0. The summed E-state index contributed by atoms with van der Waals surface area (Å²) in [5.41, 5.74) is 1.20. The average Bonchev–Trinajstić information content (AvgIpc) is 2.15. The fourth-order valence-electron chi connectivity index (χ4n) is 1.22. The van der Waals surface area contributed by atoms with E-state index in [4.69, 9.17) is 0 Å². The first kappa shape index (κ1) is 11.4. The Balaban J connectivity index is 2.60. The topological polar surface area (TPSA) is 40.1 Å². The molecule has 1 atom stereocenters. The Kier molecular flexibility index (Phi) is 4.29. The lowest BCUT2D eigenvalue weighted by Crippen LogP contribution is -1.93. The van der Waals surface area contributed by atoms with Gasteiger partial charge < -0.3 is 4.55 Å². The molecule has 2 nitrogen and oxygen atoms in total. The van der Waals surface area contributed by atoms with Crippen LogP contribution in [-0.2, 0) is 17.5 Å². The van der Waals surface area contributed by atoms with Crippen molar-refractivity contribution in [3.63, 3.8) is 0 Å². The van der Waals surface area contributed by atoms with Gasteiger partial charge in [-0.1, -0.05) is 26.0 Å². The minimum absolute atomic E-state index is 0.360. The summed E-state index contributed by atoms with van der Waals surface area (Å²) in [6, 6.07) is 7.07. The van der Waals surface area contributed by atoms with Crippen LogP contribution in [0.3, 0.4) is 0 Å². The number of hydrogen-bond donors (Lipinski definition) is 0. The summed E-state index contributed by atoms with van der Waals surface area (Å²) in [6.07, 6.45) is 2.16. The molecular weight excluding hydrogens is 196 g/mol. The van der Waals surface area contributed by atoms with Gasteiger partial charge in [0.15, 0.2) is 0 Å². The number of hydrogen-bond acceptors (Lipinski definition) is 2. The molecule has 0 radical (unpaired) electrons. The predicted molar refractivity (Wildman–Crippen MR) is 56.8 cm³/mol. The molecule has 0 aliphatic heterocycles. The Hall–Kier alpha value is -0.670. The molecule has 0 saturated heterocycles. The molecule has 3 heteroatoms. The van der Waals surface area contributed by atoms with Crippen LogP contribution in [0.5, 0.6) is 0 Å². The van der Waals surface area contributed by atoms with Gasteiger partial charge in [0.2, 0.25) is 0 Å². The smallest absolute Gasteiger partial charge is 0.0248 e. The highest BCUT2D eigenvalue weighted by atomic mass is 32.2. The van der Waals surface area contributed by atoms with Crippen molar-refractivity contribution in [1.29, 1.82) is 0 Å². The first-order valence-electron chi connectivity index (χ1n) is 4.78. The Labute approximate surface area is 87.6 Å². The van der Waals surface area contributed by atoms with Gasteiger partial charge in [-0.2, -0.15) is 0 Å². The average molecular weight is 211 g/mol. The van der Waals surface area contributed by atoms with E-state index in [1.54, 1.807) is 12.1 Å². The quantitative estimate of drug-likeness (QED) is 0.718. The summed E-state index contributed by atoms with van der Waals surface area (Å²) in [6.45, 7) is 4.36. The molecule has 1 aromatic rings. The highest BCUT2D eigenvalue weighted by Gasteiger charge is 1.97. The van der Waals surface area contributed by atoms with Crippen LogP contribution in [0.1, 0.15) is 25.8 Å². The number of benzene rings is 1. The zero-order valence-corrected chi connectivity index (χ0v) is 9.34. The Morgan fingerprint density at radius 2 is 1.86 bits per heavy atom. The van der Waals surface area contributed by atoms with Gasteiger partial charge in [-0.25, -0.2) is 0 Å². The van der Waals surface area contributed by atoms with Gasteiger partial charge >= 0.3 is 0 Å². The second kappa shape index (κ2) is 5.27. The van der Waals surface area contributed by atoms with Crippen molar-refractivity contribution in [2.24, 2.45) is 5.92 Å². The lowest BCUT2D eigenvalue weighted by molar-refractivity contribution is 0.537. The Morgan fingerprint density at radius 1 is 1.29 bits per heavy atom. The summed E-state index contributed by atoms with van der Waals surface area (Å²) >= 11 is -2.10. The second-order valence-electron chi connectivity index (χ2n) is 3.81. The molecule has 78 valence electrons. The minimum Gasteiger partial charge on any atom is -0.768 e. The molecule has 0 aromatic heterocycles. The normalized spacial score (nSPS) is 13.1. The van der Waals surface area contributed by atoms with Crippen LogP contribution in [0, 0.1) is 5.92 Å². The third-order valence-corrected chi connectivity index (χ3v) is 2.78. The molecule has 1 rings (SSSR count). The van der Waals surface area contributed by atoms with E-state index in [0.717, 1.165) is 12.8 Å². The van der Waals surface area contributed by atoms with Crippen LogP contribution in [0.15, 0.2) is 29.2 Å². The minimum atomic E-state index is -2.10. The molecular formula is C11H15O2S-. The lowest BCUT2D eigenvalue weighted by Gasteiger charge is -2.07. The third-order valence-electron chi connectivity index (χ3n) is 2.13. The van der Waals surface area contributed by atoms with Gasteiger partial charge in [0.05, 0.1) is 0 Å². The Bertz CT molecular complexity index is 304. The molecule has 1 aromatic carbocycles. The highest BCUT2D eigenvalue weighted by molar-refractivity contribution is 7.79. The fourth-order valence-corrected chi connectivity index (χ4v) is 1.58. The monoisotopic (exact) mass is 211 g/mol. The van der Waals surface area contributed by atoms with Gasteiger partial charge in [-0.05, 0) is 47.5 Å². The summed E-state index contributed by atoms with van der Waals surface area (Å²) in [7, 11) is 0. The van der Waals surface area contributed by atoms with Crippen LogP contribution in [-0.4, -0.2) is 8.76 Å². The van der Waals surface area contributed by atoms with E-state index < -0.39 is 11.1 Å². The van der Waals surface area contributed by atoms with Gasteiger partial charge in [0, 0.05) is 4.90 Å². The molecule has 0 fully saturated rings. The molecule has 0 heterocycles. The lowest BCUT2D eigenvalue weighted by atomic mass is 10.0. The molecule has 14 heavy (non-hydrogen) atoms. The van der Waals surface area contributed by atoms with E-state index in [2.05, 4.69) is 13.8 Å². The van der Waals surface area contributed by atoms with Crippen LogP contribution < -0.4 is 0 Å². The first-order valence-corrected chi connectivity index (χ1v) is 5.85. The summed E-state index contributed by atoms with van der Waals surface area (Å²) in [5.74, 6) is 0.684. The highest BCUT2D eigenvalue weighted by Crippen LogP contribution is 2.11. The van der Waals surface area contributed by atoms with E-state index in [1.165, 1.54) is 5.56 Å². The van der Waals surface area contributed by atoms with Crippen LogP contribution in [0.2, 0.25) is 0 Å². The largest absolute Gasteiger partial charge is 0.768 e. The molecule has 0 spiro atoms. The number of aryl methyl sites for hydroxylation is 1. The van der Waals surface area contributed by atoms with E-state index in [9.17, 15) is 8.76 Å². The molecule has 0 saturated carbocycles. The molecule has 1 unspecified atom stereocenters. The van der Waals surface area contributed by atoms with E-state index in [-0.39, 0.29) is 0 Å². The van der Waals surface area contributed by atoms with Crippen molar-refractivity contribution in [3.05, 3.63) is 29.8 Å². The van der Waals surface area contributed by atoms with Crippen molar-refractivity contribution in [3.8, 4) is 0 Å². The van der Waals surface area contributed by atoms with E-state index in [1.807, 2.05) is 12.1 Å². The standard InChI is InChI=1S/C11H16O2S/c1-9(2)3-4-10-5-7-11(8-6-10)14(12)13/h5-9H,3-4H2,1-2H3,(H,12,13)/p-1. The summed E-state index contributed by atoms with van der Waals surface area (Å²) < 4.78 is 21.2. The zero-order valence-electron chi connectivity index (χ0n) is 8.53. The van der Waals surface area contributed by atoms with Crippen LogP contribution in [0.25, 0.3) is 0 Å². The van der Waals surface area contributed by atoms with Gasteiger partial charge in [-0.3, -0.25) is 4.21 Å². The van der Waals surface area contributed by atoms with E-state index >= 15 is 0 Å². The van der Waals surface area contributed by atoms with Crippen molar-refractivity contribution in [2.75, 3.05) is 0 Å². The fraction of sp³-hybridized carbons (Fsp3) is 0.455. The van der Waals surface area contributed by atoms with Crippen molar-refractivity contribution in [2.45, 2.75) is 31.6 Å². The van der Waals surface area contributed by atoms with Crippen molar-refractivity contribution >= 4 is 11.1 Å². The van der Waals surface area contributed by atoms with Crippen LogP contribution >= 0.6 is 0 Å². The van der Waals surface area contributed by atoms with Crippen LogP contribution in [0.4, 0.5) is 0 Å². The Morgan fingerprint density at radius 3 is 2.29 bits per heavy atom. The molecule has 0 aliphatic carbocycles. The number of rotatable bonds is 4. The van der Waals surface area contributed by atoms with Crippen molar-refractivity contribution < 1.29 is 8.76 Å². The van der Waals surface area contributed by atoms with E-state index in [0.29, 0.717) is 10.8 Å². The molecule has 0 N–H and O–H groups in total. The second-order valence-corrected chi connectivity index (χ2v) is 4.75. The molecule has 0 aliphatic rings. The van der Waals surface area contributed by atoms with Gasteiger partial charge in [-0.15, -0.1) is 0 Å². The third kappa shape index (κ3) is 3.60. The maximum atomic E-state index is 10.6. The molecule has 0 amide bonds.